The van der Waals surface area contributed by atoms with E-state index in [-0.39, 0.29) is 34.3 Å². The van der Waals surface area contributed by atoms with Crippen molar-refractivity contribution >= 4 is 55.3 Å². The molecule has 40 heavy (non-hydrogen) atoms. The molecular formula is C22H28N6O10S2. The van der Waals surface area contributed by atoms with Crippen molar-refractivity contribution in [1.29, 1.82) is 0 Å². The number of carboxylic acid groups (broad SMARTS) is 1. The highest BCUT2D eigenvalue weighted by Gasteiger charge is 2.21. The number of nitrogens with two attached hydrogens (primary N) is 2. The lowest BCUT2D eigenvalue weighted by Crippen LogP contribution is -2.45. The Hall–Kier alpha value is -4.10. The summed E-state index contributed by atoms with van der Waals surface area (Å²) in [5.41, 5.74) is 0.459. The maximum atomic E-state index is 12.5. The zero-order valence-corrected chi connectivity index (χ0v) is 22.8. The van der Waals surface area contributed by atoms with Gasteiger partial charge in [-0.1, -0.05) is 0 Å². The standard InChI is InChI=1S/C22H28N6O10S2/c1-38-22(33)28(13-20(30)26-16-4-8-18(9-5-16)40(24,36)37)11-10-27(14-21(31)32)12-19(29)25-15-2-6-17(7-3-15)39(23,34)35/h2-9H,10-14H2,1H3,(H,25,29)(H,26,30)(H,31,32)(H2,23,34,35)(H2,24,36,37). The molecule has 0 bridgehead atoms. The van der Waals surface area contributed by atoms with E-state index in [0.717, 1.165) is 12.0 Å². The van der Waals surface area contributed by atoms with Crippen molar-refractivity contribution in [3.8, 4) is 0 Å². The molecule has 0 unspecified atom stereocenters. The number of carbonyl (C=O) groups is 4. The predicted molar refractivity (Wildman–Crippen MR) is 141 cm³/mol. The summed E-state index contributed by atoms with van der Waals surface area (Å²) in [5.74, 6) is -2.55. The van der Waals surface area contributed by atoms with E-state index in [4.69, 9.17) is 10.3 Å². The lowest BCUT2D eigenvalue weighted by atomic mass is 10.3. The number of ether oxygens (including phenoxy) is 1. The number of benzene rings is 2. The first-order valence-electron chi connectivity index (χ1n) is 11.2. The van der Waals surface area contributed by atoms with Gasteiger partial charge in [-0.3, -0.25) is 24.2 Å². The molecule has 2 aromatic rings. The third-order valence-electron chi connectivity index (χ3n) is 5.11. The first-order chi connectivity index (χ1) is 18.6. The minimum atomic E-state index is -3.92. The first-order valence-corrected chi connectivity index (χ1v) is 14.3. The zero-order chi connectivity index (χ0) is 30.1. The smallest absolute Gasteiger partial charge is 0.409 e. The Morgan fingerprint density at radius 1 is 0.750 bits per heavy atom. The highest BCUT2D eigenvalue weighted by molar-refractivity contribution is 7.89. The molecule has 0 spiro atoms. The fourth-order valence-corrected chi connectivity index (χ4v) is 4.30. The minimum Gasteiger partial charge on any atom is -0.480 e. The number of methoxy groups -OCH3 is 1. The summed E-state index contributed by atoms with van der Waals surface area (Å²) in [6.07, 6.45) is -0.894. The molecule has 0 atom stereocenters. The molecule has 7 N–H and O–H groups in total. The van der Waals surface area contributed by atoms with Crippen molar-refractivity contribution in [2.75, 3.05) is 50.5 Å². The van der Waals surface area contributed by atoms with Crippen molar-refractivity contribution in [3.05, 3.63) is 48.5 Å². The largest absolute Gasteiger partial charge is 0.480 e. The number of rotatable bonds is 13. The van der Waals surface area contributed by atoms with Gasteiger partial charge in [0.15, 0.2) is 0 Å². The molecule has 2 aromatic carbocycles. The van der Waals surface area contributed by atoms with Crippen LogP contribution >= 0.6 is 0 Å². The number of carbonyl (C=O) groups excluding carboxylic acids is 3. The van der Waals surface area contributed by atoms with E-state index < -0.39 is 63.6 Å². The monoisotopic (exact) mass is 600 g/mol. The maximum Gasteiger partial charge on any atom is 0.409 e. The molecule has 218 valence electrons. The Kier molecular flexibility index (Phi) is 11.1. The normalized spacial score (nSPS) is 11.5. The van der Waals surface area contributed by atoms with Gasteiger partial charge in [0.25, 0.3) is 0 Å². The average Bonchev–Trinajstić information content (AvgIpc) is 2.85. The van der Waals surface area contributed by atoms with Gasteiger partial charge in [0.2, 0.25) is 31.9 Å². The van der Waals surface area contributed by atoms with Crippen molar-refractivity contribution < 1.29 is 45.9 Å². The summed E-state index contributed by atoms with van der Waals surface area (Å²) in [6, 6.07) is 9.96. The maximum absolute atomic E-state index is 12.5. The van der Waals surface area contributed by atoms with E-state index in [9.17, 15) is 41.1 Å². The van der Waals surface area contributed by atoms with Gasteiger partial charge in [0.05, 0.1) is 30.0 Å². The van der Waals surface area contributed by atoms with Gasteiger partial charge in [-0.25, -0.2) is 31.9 Å². The van der Waals surface area contributed by atoms with E-state index in [2.05, 4.69) is 15.4 Å². The van der Waals surface area contributed by atoms with Crippen molar-refractivity contribution in [3.63, 3.8) is 0 Å². The van der Waals surface area contributed by atoms with E-state index in [0.29, 0.717) is 0 Å². The molecule has 0 aliphatic rings. The molecule has 0 saturated heterocycles. The molecule has 0 fully saturated rings. The number of carboxylic acids is 1. The number of hydrogen-bond donors (Lipinski definition) is 5. The van der Waals surface area contributed by atoms with Gasteiger partial charge in [-0.05, 0) is 48.5 Å². The second-order valence-corrected chi connectivity index (χ2v) is 11.4. The summed E-state index contributed by atoms with van der Waals surface area (Å²) < 4.78 is 50.1. The van der Waals surface area contributed by atoms with E-state index in [1.54, 1.807) is 0 Å². The summed E-state index contributed by atoms with van der Waals surface area (Å²) in [7, 11) is -6.76. The second kappa shape index (κ2) is 13.8. The van der Waals surface area contributed by atoms with Gasteiger partial charge >= 0.3 is 12.1 Å². The number of nitrogens with one attached hydrogen (secondary N) is 2. The van der Waals surface area contributed by atoms with E-state index in [1.807, 2.05) is 0 Å². The molecule has 18 heteroatoms. The number of amides is 3. The molecule has 0 heterocycles. The molecule has 2 rings (SSSR count). The van der Waals surface area contributed by atoms with Crippen molar-refractivity contribution in [1.82, 2.24) is 9.80 Å². The Labute approximate surface area is 230 Å². The van der Waals surface area contributed by atoms with Gasteiger partial charge in [-0.15, -0.1) is 0 Å². The number of anilines is 2. The average molecular weight is 601 g/mol. The molecule has 0 aliphatic heterocycles. The Balaban J connectivity index is 2.02. The van der Waals surface area contributed by atoms with Crippen molar-refractivity contribution in [2.24, 2.45) is 10.3 Å². The first kappa shape index (κ1) is 32.1. The summed E-state index contributed by atoms with van der Waals surface area (Å²) in [5, 5.41) is 24.3. The van der Waals surface area contributed by atoms with Gasteiger partial charge in [0, 0.05) is 24.5 Å². The molecule has 0 radical (unpaired) electrons. The zero-order valence-electron chi connectivity index (χ0n) is 21.1. The van der Waals surface area contributed by atoms with Crippen LogP contribution in [0, 0.1) is 0 Å². The van der Waals surface area contributed by atoms with E-state index >= 15 is 0 Å². The van der Waals surface area contributed by atoms with Crippen LogP contribution in [0.1, 0.15) is 0 Å². The number of primary sulfonamides is 2. The molecule has 3 amide bonds. The minimum absolute atomic E-state index is 0.143. The van der Waals surface area contributed by atoms with Crippen LogP contribution in [-0.4, -0.2) is 95.5 Å². The van der Waals surface area contributed by atoms with Crippen LogP contribution in [0.25, 0.3) is 0 Å². The Bertz CT molecular complexity index is 1450. The Morgan fingerprint density at radius 3 is 1.55 bits per heavy atom. The van der Waals surface area contributed by atoms with Crippen molar-refractivity contribution in [2.45, 2.75) is 9.79 Å². The summed E-state index contributed by atoms with van der Waals surface area (Å²) in [4.78, 5) is 50.4. The van der Waals surface area contributed by atoms with Crippen LogP contribution in [0.15, 0.2) is 58.3 Å². The topological polar surface area (TPSA) is 249 Å². The fraction of sp³-hybridized carbons (Fsp3) is 0.273. The van der Waals surface area contributed by atoms with Crippen LogP contribution in [0.2, 0.25) is 0 Å². The number of sulfonamides is 2. The molecule has 16 nitrogen and oxygen atoms in total. The van der Waals surface area contributed by atoms with Crippen LogP contribution in [-0.2, 0) is 39.2 Å². The highest BCUT2D eigenvalue weighted by atomic mass is 32.2. The predicted octanol–water partition coefficient (Wildman–Crippen LogP) is -0.986. The highest BCUT2D eigenvalue weighted by Crippen LogP contribution is 2.14. The van der Waals surface area contributed by atoms with Crippen LogP contribution in [0.4, 0.5) is 16.2 Å². The molecule has 0 aromatic heterocycles. The quantitative estimate of drug-likeness (QED) is 0.187. The lowest BCUT2D eigenvalue weighted by Gasteiger charge is -2.25. The number of aliphatic carboxylic acids is 1. The van der Waals surface area contributed by atoms with Gasteiger partial charge in [0.1, 0.15) is 6.54 Å². The van der Waals surface area contributed by atoms with Crippen LogP contribution in [0.3, 0.4) is 0 Å². The molecule has 0 saturated carbocycles. The van der Waals surface area contributed by atoms with Crippen LogP contribution < -0.4 is 20.9 Å². The second-order valence-electron chi connectivity index (χ2n) is 8.23. The molecule has 0 aliphatic carbocycles. The van der Waals surface area contributed by atoms with E-state index in [1.165, 1.54) is 53.4 Å². The molecular weight excluding hydrogens is 572 g/mol. The lowest BCUT2D eigenvalue weighted by molar-refractivity contribution is -0.138. The van der Waals surface area contributed by atoms with Crippen LogP contribution in [0.5, 0.6) is 0 Å². The SMILES string of the molecule is COC(=O)N(CCN(CC(=O)O)CC(=O)Nc1ccc(S(N)(=O)=O)cc1)CC(=O)Nc1ccc(S(N)(=O)=O)cc1. The Morgan fingerprint density at radius 2 is 1.18 bits per heavy atom. The number of hydrogen-bond acceptors (Lipinski definition) is 10. The third kappa shape index (κ3) is 10.6. The fourth-order valence-electron chi connectivity index (χ4n) is 3.26. The van der Waals surface area contributed by atoms with Gasteiger partial charge < -0.3 is 20.5 Å². The van der Waals surface area contributed by atoms with Gasteiger partial charge in [-0.2, -0.15) is 0 Å². The number of nitrogens with zero attached hydrogens (tertiary/aromatic N) is 2. The third-order valence-corrected chi connectivity index (χ3v) is 6.97. The summed E-state index contributed by atoms with van der Waals surface area (Å²) >= 11 is 0. The summed E-state index contributed by atoms with van der Waals surface area (Å²) in [6.45, 7) is -1.84.